The Hall–Kier alpha value is 0.0249. The third-order valence-electron chi connectivity index (χ3n) is 2.94. The molecule has 0 bridgehead atoms. The summed E-state index contributed by atoms with van der Waals surface area (Å²) in [5.74, 6) is 1.84. The fourth-order valence-corrected chi connectivity index (χ4v) is 2.31. The molecule has 2 heteroatoms. The van der Waals surface area contributed by atoms with Crippen LogP contribution in [0.2, 0.25) is 11.6 Å². The van der Waals surface area contributed by atoms with Gasteiger partial charge in [0, 0.05) is 6.04 Å². The molecule has 0 saturated heterocycles. The number of nitrogens with two attached hydrogens (primary N) is 1. The van der Waals surface area contributed by atoms with Crippen LogP contribution in [0.1, 0.15) is 46.0 Å². The first-order chi connectivity index (χ1) is 5.68. The van der Waals surface area contributed by atoms with E-state index in [9.17, 15) is 0 Å². The van der Waals surface area contributed by atoms with Crippen molar-refractivity contribution in [2.24, 2.45) is 5.73 Å². The van der Waals surface area contributed by atoms with E-state index < -0.39 is 0 Å². The van der Waals surface area contributed by atoms with E-state index in [1.54, 1.807) is 0 Å². The zero-order valence-corrected chi connectivity index (χ0v) is 8.55. The zero-order chi connectivity index (χ0) is 8.97. The predicted molar refractivity (Wildman–Crippen MR) is 57.1 cm³/mol. The molecular weight excluding hydrogens is 145 g/mol. The largest absolute Gasteiger partial charge is 0.328 e. The van der Waals surface area contributed by atoms with Gasteiger partial charge in [0.25, 0.3) is 0 Å². The van der Waals surface area contributed by atoms with Crippen molar-refractivity contribution >= 4 is 7.28 Å². The minimum Gasteiger partial charge on any atom is -0.328 e. The molecule has 2 unspecified atom stereocenters. The molecule has 0 spiro atoms. The van der Waals surface area contributed by atoms with Crippen LogP contribution in [-0.4, -0.2) is 13.3 Å². The highest BCUT2D eigenvalue weighted by atomic mass is 14.6. The van der Waals surface area contributed by atoms with Gasteiger partial charge in [-0.1, -0.05) is 44.7 Å². The topological polar surface area (TPSA) is 26.0 Å². The van der Waals surface area contributed by atoms with E-state index in [2.05, 4.69) is 13.8 Å². The molecule has 12 heavy (non-hydrogen) atoms. The van der Waals surface area contributed by atoms with Crippen molar-refractivity contribution in [3.63, 3.8) is 0 Å². The summed E-state index contributed by atoms with van der Waals surface area (Å²) in [7, 11) is 1.41. The maximum atomic E-state index is 5.93. The van der Waals surface area contributed by atoms with Gasteiger partial charge in [0.2, 0.25) is 0 Å². The van der Waals surface area contributed by atoms with Gasteiger partial charge in [-0.05, 0) is 12.8 Å². The summed E-state index contributed by atoms with van der Waals surface area (Å²) in [4.78, 5) is 0. The number of rotatable bonds is 2. The highest BCUT2D eigenvalue weighted by Crippen LogP contribution is 2.28. The second-order valence-electron chi connectivity index (χ2n) is 4.76. The van der Waals surface area contributed by atoms with Gasteiger partial charge in [-0.2, -0.15) is 0 Å². The Morgan fingerprint density at radius 1 is 1.17 bits per heavy atom. The number of hydrogen-bond acceptors (Lipinski definition) is 1. The lowest BCUT2D eigenvalue weighted by atomic mass is 9.54. The Labute approximate surface area is 77.3 Å². The molecule has 0 aliphatic heterocycles. The van der Waals surface area contributed by atoms with E-state index in [4.69, 9.17) is 5.73 Å². The Balaban J connectivity index is 2.26. The van der Waals surface area contributed by atoms with Gasteiger partial charge in [0.15, 0.2) is 0 Å². The SMILES string of the molecule is CC(C)BC1CCCC(N)CC1. The minimum atomic E-state index is 0.502. The van der Waals surface area contributed by atoms with Crippen LogP contribution in [0.5, 0.6) is 0 Å². The van der Waals surface area contributed by atoms with Gasteiger partial charge in [-0.3, -0.25) is 0 Å². The normalized spacial score (nSPS) is 31.7. The molecular formula is C10H22BN. The Morgan fingerprint density at radius 2 is 1.92 bits per heavy atom. The van der Waals surface area contributed by atoms with E-state index in [0.29, 0.717) is 6.04 Å². The van der Waals surface area contributed by atoms with Gasteiger partial charge in [0.1, 0.15) is 7.28 Å². The fourth-order valence-electron chi connectivity index (χ4n) is 2.31. The molecule has 2 atom stereocenters. The molecule has 1 rings (SSSR count). The highest BCUT2D eigenvalue weighted by molar-refractivity contribution is 6.39. The average Bonchev–Trinajstić information content (AvgIpc) is 2.15. The van der Waals surface area contributed by atoms with Crippen molar-refractivity contribution in [3.05, 3.63) is 0 Å². The van der Waals surface area contributed by atoms with Crippen molar-refractivity contribution in [2.45, 2.75) is 63.6 Å². The summed E-state index contributed by atoms with van der Waals surface area (Å²) < 4.78 is 0. The maximum Gasteiger partial charge on any atom is 0.126 e. The van der Waals surface area contributed by atoms with Crippen LogP contribution in [0.15, 0.2) is 0 Å². The average molecular weight is 167 g/mol. The van der Waals surface area contributed by atoms with Crippen LogP contribution in [0, 0.1) is 0 Å². The van der Waals surface area contributed by atoms with Gasteiger partial charge in [-0.15, -0.1) is 0 Å². The zero-order valence-electron chi connectivity index (χ0n) is 8.55. The standard InChI is InChI=1S/C10H22BN/c1-8(2)11-9-4-3-5-10(12)7-6-9/h8-11H,3-7,12H2,1-2H3. The Bertz CT molecular complexity index is 125. The first-order valence-corrected chi connectivity index (χ1v) is 5.44. The van der Waals surface area contributed by atoms with E-state index in [-0.39, 0.29) is 0 Å². The van der Waals surface area contributed by atoms with Crippen LogP contribution in [-0.2, 0) is 0 Å². The second-order valence-corrected chi connectivity index (χ2v) is 4.76. The molecule has 70 valence electrons. The van der Waals surface area contributed by atoms with Crippen LogP contribution in [0.4, 0.5) is 0 Å². The van der Waals surface area contributed by atoms with E-state index >= 15 is 0 Å². The van der Waals surface area contributed by atoms with Crippen LogP contribution in [0.3, 0.4) is 0 Å². The Morgan fingerprint density at radius 3 is 2.58 bits per heavy atom. The summed E-state index contributed by atoms with van der Waals surface area (Å²) in [6.07, 6.45) is 6.68. The highest BCUT2D eigenvalue weighted by Gasteiger charge is 2.17. The quantitative estimate of drug-likeness (QED) is 0.495. The molecule has 0 aromatic rings. The minimum absolute atomic E-state index is 0.502. The number of hydrogen-bond donors (Lipinski definition) is 1. The molecule has 1 aliphatic carbocycles. The molecule has 2 N–H and O–H groups in total. The smallest absolute Gasteiger partial charge is 0.126 e. The Kier molecular flexibility index (Phi) is 4.13. The van der Waals surface area contributed by atoms with Gasteiger partial charge in [-0.25, -0.2) is 0 Å². The fraction of sp³-hybridized carbons (Fsp3) is 1.00. The summed E-state index contributed by atoms with van der Waals surface area (Å²) in [5, 5.41) is 0. The van der Waals surface area contributed by atoms with Crippen LogP contribution in [0.25, 0.3) is 0 Å². The van der Waals surface area contributed by atoms with E-state index in [1.807, 2.05) is 0 Å². The van der Waals surface area contributed by atoms with E-state index in [0.717, 1.165) is 11.6 Å². The third kappa shape index (κ3) is 3.62. The molecule has 0 heterocycles. The molecule has 1 saturated carbocycles. The second kappa shape index (κ2) is 4.91. The molecule has 1 aliphatic rings. The lowest BCUT2D eigenvalue weighted by Crippen LogP contribution is -2.18. The van der Waals surface area contributed by atoms with Gasteiger partial charge < -0.3 is 5.73 Å². The van der Waals surface area contributed by atoms with Crippen molar-refractivity contribution < 1.29 is 0 Å². The van der Waals surface area contributed by atoms with Crippen molar-refractivity contribution in [3.8, 4) is 0 Å². The predicted octanol–water partition coefficient (Wildman–Crippen LogP) is 2.33. The molecule has 0 radical (unpaired) electrons. The van der Waals surface area contributed by atoms with Gasteiger partial charge >= 0.3 is 0 Å². The summed E-state index contributed by atoms with van der Waals surface area (Å²) in [6.45, 7) is 4.65. The molecule has 0 amide bonds. The summed E-state index contributed by atoms with van der Waals surface area (Å²) >= 11 is 0. The van der Waals surface area contributed by atoms with Crippen molar-refractivity contribution in [1.29, 1.82) is 0 Å². The van der Waals surface area contributed by atoms with E-state index in [1.165, 1.54) is 39.4 Å². The van der Waals surface area contributed by atoms with Gasteiger partial charge in [0.05, 0.1) is 0 Å². The molecule has 1 nitrogen and oxygen atoms in total. The molecule has 1 fully saturated rings. The first-order valence-electron chi connectivity index (χ1n) is 5.44. The van der Waals surface area contributed by atoms with Crippen molar-refractivity contribution in [1.82, 2.24) is 0 Å². The molecule has 0 aromatic carbocycles. The first kappa shape index (κ1) is 10.1. The summed E-state index contributed by atoms with van der Waals surface area (Å²) in [6, 6.07) is 0.502. The third-order valence-corrected chi connectivity index (χ3v) is 2.94. The maximum absolute atomic E-state index is 5.93. The van der Waals surface area contributed by atoms with Crippen LogP contribution < -0.4 is 5.73 Å². The van der Waals surface area contributed by atoms with Crippen molar-refractivity contribution in [2.75, 3.05) is 0 Å². The summed E-state index contributed by atoms with van der Waals surface area (Å²) in [5.41, 5.74) is 5.93. The van der Waals surface area contributed by atoms with Crippen LogP contribution >= 0.6 is 0 Å². The molecule has 0 aromatic heterocycles. The monoisotopic (exact) mass is 167 g/mol. The lowest BCUT2D eigenvalue weighted by Gasteiger charge is -2.14. The lowest BCUT2D eigenvalue weighted by molar-refractivity contribution is 0.583.